The molecule has 0 amide bonds. The molecule has 1 nitrogen and oxygen atoms in total. The summed E-state index contributed by atoms with van der Waals surface area (Å²) in [5, 5.41) is 5.16. The lowest BCUT2D eigenvalue weighted by atomic mass is 9.82. The van der Waals surface area contributed by atoms with Crippen molar-refractivity contribution in [3.05, 3.63) is 211 Å². The number of rotatable bonds is 6. The third-order valence-corrected chi connectivity index (χ3v) is 13.2. The van der Waals surface area contributed by atoms with Crippen LogP contribution in [0.2, 0.25) is 0 Å². The number of thiophene rings is 1. The van der Waals surface area contributed by atoms with E-state index in [9.17, 15) is 0 Å². The highest BCUT2D eigenvalue weighted by Crippen LogP contribution is 2.54. The molecule has 10 aromatic rings. The van der Waals surface area contributed by atoms with Crippen molar-refractivity contribution < 1.29 is 0 Å². The molecule has 1 aliphatic rings. The molecule has 0 N–H and O–H groups in total. The number of anilines is 3. The Kier molecular flexibility index (Phi) is 7.77. The molecule has 1 heterocycles. The van der Waals surface area contributed by atoms with Gasteiger partial charge in [-0.2, -0.15) is 0 Å². The average Bonchev–Trinajstić information content (AvgIpc) is 3.75. The normalized spacial score (nSPS) is 12.9. The number of hydrogen-bond donors (Lipinski definition) is 0. The SMILES string of the molecule is CC1(C)c2ccccc2-c2c(-c3ccccc3N(c3ccc(-c4cccc5ccccc45)cc3)c3cccc(-c4ccc5c(c4)sc4ccccc45)c3)cccc21. The minimum absolute atomic E-state index is 0.0855. The van der Waals surface area contributed by atoms with Crippen molar-refractivity contribution in [3.8, 4) is 44.5 Å². The number of para-hydroxylation sites is 1. The van der Waals surface area contributed by atoms with E-state index >= 15 is 0 Å². The van der Waals surface area contributed by atoms with Gasteiger partial charge in [0, 0.05) is 42.5 Å². The van der Waals surface area contributed by atoms with Crippen molar-refractivity contribution in [1.82, 2.24) is 0 Å². The molecule has 9 aromatic carbocycles. The smallest absolute Gasteiger partial charge is 0.0540 e. The molecule has 0 atom stereocenters. The molecule has 0 spiro atoms. The second-order valence-electron chi connectivity index (χ2n) is 15.7. The molecular formula is C55H39NS. The monoisotopic (exact) mass is 745 g/mol. The van der Waals surface area contributed by atoms with Gasteiger partial charge in [-0.15, -0.1) is 11.3 Å². The molecule has 0 aliphatic heterocycles. The molecule has 0 saturated heterocycles. The lowest BCUT2D eigenvalue weighted by Gasteiger charge is -2.29. The number of nitrogens with zero attached hydrogens (tertiary/aromatic N) is 1. The van der Waals surface area contributed by atoms with Gasteiger partial charge in [0.05, 0.1) is 5.69 Å². The molecule has 57 heavy (non-hydrogen) atoms. The van der Waals surface area contributed by atoms with Gasteiger partial charge < -0.3 is 4.90 Å². The van der Waals surface area contributed by atoms with Gasteiger partial charge in [-0.05, 0) is 103 Å². The Bertz CT molecular complexity index is 3160. The number of hydrogen-bond acceptors (Lipinski definition) is 2. The van der Waals surface area contributed by atoms with Crippen LogP contribution in [0.5, 0.6) is 0 Å². The molecule has 0 unspecified atom stereocenters. The fraction of sp³-hybridized carbons (Fsp3) is 0.0545. The second kappa shape index (κ2) is 13.2. The molecule has 1 aliphatic carbocycles. The lowest BCUT2D eigenvalue weighted by molar-refractivity contribution is 0.660. The van der Waals surface area contributed by atoms with Crippen LogP contribution in [0, 0.1) is 0 Å². The van der Waals surface area contributed by atoms with Crippen LogP contribution in [0.1, 0.15) is 25.0 Å². The Morgan fingerprint density at radius 1 is 0.386 bits per heavy atom. The average molecular weight is 746 g/mol. The van der Waals surface area contributed by atoms with E-state index in [1.165, 1.54) is 86.6 Å². The topological polar surface area (TPSA) is 3.24 Å². The van der Waals surface area contributed by atoms with Crippen molar-refractivity contribution in [3.63, 3.8) is 0 Å². The first kappa shape index (κ1) is 33.6. The van der Waals surface area contributed by atoms with E-state index in [1.54, 1.807) is 0 Å². The van der Waals surface area contributed by atoms with Crippen LogP contribution in [-0.2, 0) is 5.41 Å². The Hall–Kier alpha value is -6.74. The first-order valence-corrected chi connectivity index (χ1v) is 20.6. The maximum atomic E-state index is 2.45. The second-order valence-corrected chi connectivity index (χ2v) is 16.8. The number of benzene rings is 9. The summed E-state index contributed by atoms with van der Waals surface area (Å²) in [6.07, 6.45) is 0. The molecule has 0 fully saturated rings. The highest BCUT2D eigenvalue weighted by Gasteiger charge is 2.37. The van der Waals surface area contributed by atoms with Gasteiger partial charge in [0.25, 0.3) is 0 Å². The third-order valence-electron chi connectivity index (χ3n) is 12.1. The highest BCUT2D eigenvalue weighted by molar-refractivity contribution is 7.25. The summed E-state index contributed by atoms with van der Waals surface area (Å²) in [5.41, 5.74) is 16.0. The van der Waals surface area contributed by atoms with Gasteiger partial charge in [0.2, 0.25) is 0 Å². The fourth-order valence-electron chi connectivity index (χ4n) is 9.30. The minimum atomic E-state index is -0.0855. The van der Waals surface area contributed by atoms with Crippen molar-refractivity contribution in [2.45, 2.75) is 19.3 Å². The fourth-order valence-corrected chi connectivity index (χ4v) is 10.4. The Labute approximate surface area is 337 Å². The van der Waals surface area contributed by atoms with E-state index in [0.717, 1.165) is 17.1 Å². The van der Waals surface area contributed by atoms with Gasteiger partial charge in [0.1, 0.15) is 0 Å². The summed E-state index contributed by atoms with van der Waals surface area (Å²) in [6, 6.07) is 73.9. The quantitative estimate of drug-likeness (QED) is 0.164. The Morgan fingerprint density at radius 2 is 1.00 bits per heavy atom. The van der Waals surface area contributed by atoms with Crippen LogP contribution in [0.25, 0.3) is 75.5 Å². The van der Waals surface area contributed by atoms with Crippen molar-refractivity contribution >= 4 is 59.3 Å². The van der Waals surface area contributed by atoms with Crippen molar-refractivity contribution in [2.75, 3.05) is 4.90 Å². The number of fused-ring (bicyclic) bond motifs is 7. The molecule has 11 rings (SSSR count). The van der Waals surface area contributed by atoms with Crippen LogP contribution in [-0.4, -0.2) is 0 Å². The zero-order chi connectivity index (χ0) is 38.1. The van der Waals surface area contributed by atoms with E-state index < -0.39 is 0 Å². The Morgan fingerprint density at radius 3 is 1.89 bits per heavy atom. The largest absolute Gasteiger partial charge is 0.310 e. The van der Waals surface area contributed by atoms with Gasteiger partial charge in [-0.25, -0.2) is 0 Å². The van der Waals surface area contributed by atoms with Crippen LogP contribution in [0.3, 0.4) is 0 Å². The van der Waals surface area contributed by atoms with Crippen LogP contribution >= 0.6 is 11.3 Å². The van der Waals surface area contributed by atoms with E-state index in [2.05, 4.69) is 219 Å². The van der Waals surface area contributed by atoms with E-state index in [1.807, 2.05) is 11.3 Å². The van der Waals surface area contributed by atoms with Crippen LogP contribution < -0.4 is 4.90 Å². The van der Waals surface area contributed by atoms with E-state index in [4.69, 9.17) is 0 Å². The zero-order valence-corrected chi connectivity index (χ0v) is 32.7. The highest BCUT2D eigenvalue weighted by atomic mass is 32.1. The van der Waals surface area contributed by atoms with Gasteiger partial charge >= 0.3 is 0 Å². The van der Waals surface area contributed by atoms with Gasteiger partial charge in [0.15, 0.2) is 0 Å². The Balaban J connectivity index is 1.09. The molecule has 2 heteroatoms. The minimum Gasteiger partial charge on any atom is -0.310 e. The molecule has 1 aromatic heterocycles. The molecular weight excluding hydrogens is 707 g/mol. The van der Waals surface area contributed by atoms with Gasteiger partial charge in [-0.3, -0.25) is 0 Å². The maximum Gasteiger partial charge on any atom is 0.0540 e. The lowest BCUT2D eigenvalue weighted by Crippen LogP contribution is -2.14. The molecule has 0 bridgehead atoms. The molecule has 0 saturated carbocycles. The standard InChI is InChI=1S/C55H39NS/c1-55(2)49-24-8-5-21-48(49)54-47(23-13-25-50(54)55)44-19-6-9-26-51(44)56(40-31-28-37(29-32-40)43-22-12-15-36-14-3-4-18-42(36)43)41-17-11-16-38(34-41)39-30-33-46-45-20-7-10-27-52(45)57-53(46)35-39/h3-35H,1-2H3. The molecule has 270 valence electrons. The van der Waals surface area contributed by atoms with E-state index in [0.29, 0.717) is 0 Å². The summed E-state index contributed by atoms with van der Waals surface area (Å²) in [5.74, 6) is 0. The first-order valence-electron chi connectivity index (χ1n) is 19.8. The predicted molar refractivity (Wildman–Crippen MR) is 245 cm³/mol. The van der Waals surface area contributed by atoms with Crippen molar-refractivity contribution in [2.24, 2.45) is 0 Å². The van der Waals surface area contributed by atoms with E-state index in [-0.39, 0.29) is 5.41 Å². The maximum absolute atomic E-state index is 2.45. The first-order chi connectivity index (χ1) is 28.0. The summed E-state index contributed by atoms with van der Waals surface area (Å²) < 4.78 is 2.64. The summed E-state index contributed by atoms with van der Waals surface area (Å²) in [4.78, 5) is 2.45. The van der Waals surface area contributed by atoms with Crippen LogP contribution in [0.4, 0.5) is 17.1 Å². The third kappa shape index (κ3) is 5.44. The summed E-state index contributed by atoms with van der Waals surface area (Å²) in [7, 11) is 0. The van der Waals surface area contributed by atoms with Crippen LogP contribution in [0.15, 0.2) is 200 Å². The summed E-state index contributed by atoms with van der Waals surface area (Å²) >= 11 is 1.87. The summed E-state index contributed by atoms with van der Waals surface area (Å²) in [6.45, 7) is 4.72. The zero-order valence-electron chi connectivity index (χ0n) is 31.9. The van der Waals surface area contributed by atoms with Gasteiger partial charge in [-0.1, -0.05) is 172 Å². The molecule has 0 radical (unpaired) electrons. The van der Waals surface area contributed by atoms with Crippen molar-refractivity contribution in [1.29, 1.82) is 0 Å². The predicted octanol–water partition coefficient (Wildman–Crippen LogP) is 16.0.